The van der Waals surface area contributed by atoms with Crippen LogP contribution in [0.3, 0.4) is 0 Å². The van der Waals surface area contributed by atoms with Crippen molar-refractivity contribution in [1.29, 1.82) is 0 Å². The number of ether oxygens (including phenoxy) is 3. The molecule has 0 aliphatic carbocycles. The maximum atomic E-state index is 10.7. The standard InChI is InChI=1S/C17H19NO5/c1-10-11(2)16(22-5)17(12(3)15(10)21-4)23-14-8-6-13(7-9-14)18(19)20/h6-9H,1-5H3. The van der Waals surface area contributed by atoms with E-state index in [1.807, 2.05) is 20.8 Å². The van der Waals surface area contributed by atoms with Gasteiger partial charge in [-0.05, 0) is 38.5 Å². The van der Waals surface area contributed by atoms with Crippen LogP contribution in [0.15, 0.2) is 24.3 Å². The largest absolute Gasteiger partial charge is 0.496 e. The maximum absolute atomic E-state index is 10.7. The summed E-state index contributed by atoms with van der Waals surface area (Å²) in [5.74, 6) is 2.39. The third-order valence-corrected chi connectivity index (χ3v) is 3.81. The lowest BCUT2D eigenvalue weighted by Crippen LogP contribution is -2.01. The van der Waals surface area contributed by atoms with Crippen LogP contribution >= 0.6 is 0 Å². The summed E-state index contributed by atoms with van der Waals surface area (Å²) in [7, 11) is 3.19. The molecule has 0 radical (unpaired) electrons. The Morgan fingerprint density at radius 2 is 1.35 bits per heavy atom. The van der Waals surface area contributed by atoms with Gasteiger partial charge < -0.3 is 14.2 Å². The van der Waals surface area contributed by atoms with E-state index < -0.39 is 4.92 Å². The van der Waals surface area contributed by atoms with Gasteiger partial charge in [-0.1, -0.05) is 0 Å². The predicted molar refractivity (Wildman–Crippen MR) is 86.9 cm³/mol. The first kappa shape index (κ1) is 16.6. The minimum atomic E-state index is -0.450. The summed E-state index contributed by atoms with van der Waals surface area (Å²) >= 11 is 0. The topological polar surface area (TPSA) is 70.8 Å². The lowest BCUT2D eigenvalue weighted by Gasteiger charge is -2.20. The molecule has 0 spiro atoms. The minimum Gasteiger partial charge on any atom is -0.496 e. The van der Waals surface area contributed by atoms with Crippen molar-refractivity contribution < 1.29 is 19.1 Å². The average Bonchev–Trinajstić information content (AvgIpc) is 2.54. The number of nitro groups is 1. The van der Waals surface area contributed by atoms with Crippen molar-refractivity contribution >= 4 is 5.69 Å². The highest BCUT2D eigenvalue weighted by Crippen LogP contribution is 2.44. The molecule has 0 bridgehead atoms. The molecule has 0 heterocycles. The van der Waals surface area contributed by atoms with Crippen molar-refractivity contribution in [3.05, 3.63) is 51.1 Å². The second-order valence-electron chi connectivity index (χ2n) is 5.12. The van der Waals surface area contributed by atoms with E-state index >= 15 is 0 Å². The normalized spacial score (nSPS) is 10.3. The lowest BCUT2D eigenvalue weighted by atomic mass is 10.0. The number of benzene rings is 2. The van der Waals surface area contributed by atoms with E-state index in [4.69, 9.17) is 14.2 Å². The van der Waals surface area contributed by atoms with Gasteiger partial charge in [0.1, 0.15) is 11.5 Å². The molecule has 0 saturated heterocycles. The number of rotatable bonds is 5. The van der Waals surface area contributed by atoms with Crippen molar-refractivity contribution in [2.75, 3.05) is 14.2 Å². The number of non-ortho nitro benzene ring substituents is 1. The minimum absolute atomic E-state index is 0.0127. The molecule has 0 amide bonds. The SMILES string of the molecule is COc1c(C)c(C)c(OC)c(Oc2ccc([N+](=O)[O-])cc2)c1C. The number of nitro benzene ring substituents is 1. The van der Waals surface area contributed by atoms with E-state index in [2.05, 4.69) is 0 Å². The highest BCUT2D eigenvalue weighted by atomic mass is 16.6. The average molecular weight is 317 g/mol. The fourth-order valence-electron chi connectivity index (χ4n) is 2.49. The molecule has 23 heavy (non-hydrogen) atoms. The van der Waals surface area contributed by atoms with E-state index in [0.29, 0.717) is 17.2 Å². The predicted octanol–water partition coefficient (Wildman–Crippen LogP) is 4.33. The monoisotopic (exact) mass is 317 g/mol. The Hall–Kier alpha value is -2.76. The van der Waals surface area contributed by atoms with Gasteiger partial charge in [0.05, 0.1) is 19.1 Å². The van der Waals surface area contributed by atoms with Crippen molar-refractivity contribution in [3.8, 4) is 23.0 Å². The summed E-state index contributed by atoms with van der Waals surface area (Å²) in [6, 6.07) is 5.90. The van der Waals surface area contributed by atoms with Crippen LogP contribution in [0.1, 0.15) is 16.7 Å². The summed E-state index contributed by atoms with van der Waals surface area (Å²) in [5.41, 5.74) is 2.73. The first-order valence-electron chi connectivity index (χ1n) is 7.04. The summed E-state index contributed by atoms with van der Waals surface area (Å²) < 4.78 is 16.9. The molecule has 6 heteroatoms. The highest BCUT2D eigenvalue weighted by molar-refractivity contribution is 5.62. The summed E-state index contributed by atoms with van der Waals surface area (Å²) in [4.78, 5) is 10.3. The third kappa shape index (κ3) is 3.06. The van der Waals surface area contributed by atoms with Crippen LogP contribution in [-0.2, 0) is 0 Å². The smallest absolute Gasteiger partial charge is 0.269 e. The molecule has 2 aromatic carbocycles. The molecule has 0 N–H and O–H groups in total. The van der Waals surface area contributed by atoms with E-state index in [1.54, 1.807) is 26.4 Å². The Bertz CT molecular complexity index is 738. The Kier molecular flexibility index (Phi) is 4.74. The molecule has 0 fully saturated rings. The van der Waals surface area contributed by atoms with E-state index in [9.17, 15) is 10.1 Å². The van der Waals surface area contributed by atoms with Gasteiger partial charge in [0, 0.05) is 23.3 Å². The zero-order valence-corrected chi connectivity index (χ0v) is 13.8. The van der Waals surface area contributed by atoms with Gasteiger partial charge in [-0.25, -0.2) is 0 Å². The summed E-state index contributed by atoms with van der Waals surface area (Å²) in [5, 5.41) is 10.7. The van der Waals surface area contributed by atoms with Gasteiger partial charge >= 0.3 is 0 Å². The van der Waals surface area contributed by atoms with E-state index in [0.717, 1.165) is 22.4 Å². The number of hydrogen-bond acceptors (Lipinski definition) is 5. The molecular formula is C17H19NO5. The Morgan fingerprint density at radius 1 is 0.826 bits per heavy atom. The Labute approximate surface area is 134 Å². The molecule has 2 aromatic rings. The van der Waals surface area contributed by atoms with Gasteiger partial charge in [-0.15, -0.1) is 0 Å². The molecule has 0 aromatic heterocycles. The van der Waals surface area contributed by atoms with Gasteiger partial charge in [0.2, 0.25) is 0 Å². The van der Waals surface area contributed by atoms with Gasteiger partial charge in [-0.3, -0.25) is 10.1 Å². The maximum Gasteiger partial charge on any atom is 0.269 e. The molecule has 0 aliphatic heterocycles. The van der Waals surface area contributed by atoms with Crippen molar-refractivity contribution in [2.45, 2.75) is 20.8 Å². The van der Waals surface area contributed by atoms with Crippen molar-refractivity contribution in [2.24, 2.45) is 0 Å². The van der Waals surface area contributed by atoms with Gasteiger partial charge in [0.25, 0.3) is 5.69 Å². The van der Waals surface area contributed by atoms with Gasteiger partial charge in [0.15, 0.2) is 11.5 Å². The van der Waals surface area contributed by atoms with Crippen LogP contribution in [0.2, 0.25) is 0 Å². The van der Waals surface area contributed by atoms with Crippen LogP contribution in [0.4, 0.5) is 5.69 Å². The lowest BCUT2D eigenvalue weighted by molar-refractivity contribution is -0.384. The Morgan fingerprint density at radius 3 is 1.83 bits per heavy atom. The van der Waals surface area contributed by atoms with Crippen molar-refractivity contribution in [3.63, 3.8) is 0 Å². The zero-order valence-electron chi connectivity index (χ0n) is 13.8. The molecule has 0 saturated carbocycles. The first-order valence-corrected chi connectivity index (χ1v) is 7.04. The molecule has 122 valence electrons. The summed E-state index contributed by atoms with van der Waals surface area (Å²) in [6.45, 7) is 5.77. The number of hydrogen-bond donors (Lipinski definition) is 0. The van der Waals surface area contributed by atoms with Crippen molar-refractivity contribution in [1.82, 2.24) is 0 Å². The van der Waals surface area contributed by atoms with Crippen LogP contribution in [-0.4, -0.2) is 19.1 Å². The molecule has 2 rings (SSSR count). The van der Waals surface area contributed by atoms with Gasteiger partial charge in [-0.2, -0.15) is 0 Å². The molecule has 0 atom stereocenters. The quantitative estimate of drug-likeness (QED) is 0.606. The number of nitrogens with zero attached hydrogens (tertiary/aromatic N) is 1. The van der Waals surface area contributed by atoms with Crippen LogP contribution in [0.5, 0.6) is 23.0 Å². The summed E-state index contributed by atoms with van der Waals surface area (Å²) in [6.07, 6.45) is 0. The third-order valence-electron chi connectivity index (χ3n) is 3.81. The van der Waals surface area contributed by atoms with Crippen LogP contribution < -0.4 is 14.2 Å². The molecule has 0 unspecified atom stereocenters. The fourth-order valence-corrected chi connectivity index (χ4v) is 2.49. The number of methoxy groups -OCH3 is 2. The second kappa shape index (κ2) is 6.56. The second-order valence-corrected chi connectivity index (χ2v) is 5.12. The first-order chi connectivity index (χ1) is 10.9. The molecular weight excluding hydrogens is 298 g/mol. The molecule has 0 aliphatic rings. The fraction of sp³-hybridized carbons (Fsp3) is 0.294. The molecule has 6 nitrogen and oxygen atoms in total. The van der Waals surface area contributed by atoms with Crippen LogP contribution in [0.25, 0.3) is 0 Å². The van der Waals surface area contributed by atoms with E-state index in [-0.39, 0.29) is 5.69 Å². The van der Waals surface area contributed by atoms with E-state index in [1.165, 1.54) is 12.1 Å². The zero-order chi connectivity index (χ0) is 17.1. The highest BCUT2D eigenvalue weighted by Gasteiger charge is 2.20. The Balaban J connectivity index is 2.50. The van der Waals surface area contributed by atoms with Crippen LogP contribution in [0, 0.1) is 30.9 Å².